The zero-order valence-electron chi connectivity index (χ0n) is 9.99. The van der Waals surface area contributed by atoms with Crippen LogP contribution in [0.15, 0.2) is 0 Å². The van der Waals surface area contributed by atoms with Gasteiger partial charge in [-0.2, -0.15) is 0 Å². The summed E-state index contributed by atoms with van der Waals surface area (Å²) in [6.45, 7) is 6.60. The van der Waals surface area contributed by atoms with Crippen LogP contribution in [0.2, 0.25) is 0 Å². The topological polar surface area (TPSA) is 46.2 Å². The molecule has 1 saturated heterocycles. The zero-order chi connectivity index (χ0) is 11.5. The Bertz CT molecular complexity index is 271. The van der Waals surface area contributed by atoms with E-state index in [9.17, 15) is 8.42 Å². The van der Waals surface area contributed by atoms with Gasteiger partial charge in [0.1, 0.15) is 9.84 Å². The highest BCUT2D eigenvalue weighted by Gasteiger charge is 2.25. The van der Waals surface area contributed by atoms with E-state index in [0.717, 1.165) is 19.3 Å². The smallest absolute Gasteiger partial charge is 0.150 e. The first-order valence-corrected chi connectivity index (χ1v) is 7.73. The molecule has 1 atom stereocenters. The highest BCUT2D eigenvalue weighted by atomic mass is 32.2. The molecular weight excluding hydrogens is 210 g/mol. The van der Waals surface area contributed by atoms with Gasteiger partial charge in [-0.15, -0.1) is 0 Å². The molecule has 0 aromatic rings. The Morgan fingerprint density at radius 3 is 2.20 bits per heavy atom. The first kappa shape index (κ1) is 13.0. The van der Waals surface area contributed by atoms with Crippen LogP contribution in [0.3, 0.4) is 0 Å². The fourth-order valence-electron chi connectivity index (χ4n) is 2.14. The van der Waals surface area contributed by atoms with Gasteiger partial charge in [0.2, 0.25) is 0 Å². The third kappa shape index (κ3) is 4.11. The van der Waals surface area contributed by atoms with Gasteiger partial charge in [-0.05, 0) is 25.2 Å². The first-order valence-electron chi connectivity index (χ1n) is 5.91. The molecule has 0 amide bonds. The molecule has 1 rings (SSSR count). The predicted octanol–water partition coefficient (Wildman–Crippen LogP) is 1.59. The van der Waals surface area contributed by atoms with Crippen LogP contribution >= 0.6 is 0 Å². The van der Waals surface area contributed by atoms with Gasteiger partial charge in [-0.25, -0.2) is 8.42 Å². The zero-order valence-corrected chi connectivity index (χ0v) is 10.8. The molecule has 1 aliphatic heterocycles. The second-order valence-electron chi connectivity index (χ2n) is 4.85. The van der Waals surface area contributed by atoms with Gasteiger partial charge in [-0.1, -0.05) is 20.8 Å². The summed E-state index contributed by atoms with van der Waals surface area (Å²) in [6, 6.07) is 0.927. The fraction of sp³-hybridized carbons (Fsp3) is 1.00. The summed E-state index contributed by atoms with van der Waals surface area (Å²) in [5, 5.41) is 3.58. The lowest BCUT2D eigenvalue weighted by molar-refractivity contribution is 0.328. The predicted molar refractivity (Wildman–Crippen MR) is 63.7 cm³/mol. The molecule has 1 N–H and O–H groups in total. The standard InChI is InChI=1S/C11H23NO2S/c1-4-11(9(2)3)12-10-5-7-15(13,14)8-6-10/h9-12H,4-8H2,1-3H3. The van der Waals surface area contributed by atoms with Crippen molar-refractivity contribution in [2.75, 3.05) is 11.5 Å². The van der Waals surface area contributed by atoms with E-state index in [-0.39, 0.29) is 0 Å². The van der Waals surface area contributed by atoms with Gasteiger partial charge in [0.05, 0.1) is 11.5 Å². The Morgan fingerprint density at radius 2 is 1.80 bits per heavy atom. The lowest BCUT2D eigenvalue weighted by Gasteiger charge is -2.30. The monoisotopic (exact) mass is 233 g/mol. The van der Waals surface area contributed by atoms with E-state index >= 15 is 0 Å². The summed E-state index contributed by atoms with van der Waals surface area (Å²) in [5.41, 5.74) is 0. The SMILES string of the molecule is CCC(NC1CCS(=O)(=O)CC1)C(C)C. The highest BCUT2D eigenvalue weighted by Crippen LogP contribution is 2.15. The van der Waals surface area contributed by atoms with Crippen molar-refractivity contribution in [1.82, 2.24) is 5.32 Å². The van der Waals surface area contributed by atoms with Gasteiger partial charge >= 0.3 is 0 Å². The van der Waals surface area contributed by atoms with E-state index in [1.807, 2.05) is 0 Å². The molecule has 90 valence electrons. The summed E-state index contributed by atoms with van der Waals surface area (Å²) >= 11 is 0. The van der Waals surface area contributed by atoms with Crippen molar-refractivity contribution in [1.29, 1.82) is 0 Å². The lowest BCUT2D eigenvalue weighted by Crippen LogP contribution is -2.45. The number of hydrogen-bond acceptors (Lipinski definition) is 3. The summed E-state index contributed by atoms with van der Waals surface area (Å²) in [7, 11) is -2.72. The molecule has 0 aliphatic carbocycles. The van der Waals surface area contributed by atoms with Crippen molar-refractivity contribution in [2.24, 2.45) is 5.92 Å². The Balaban J connectivity index is 2.41. The van der Waals surface area contributed by atoms with E-state index < -0.39 is 9.84 Å². The van der Waals surface area contributed by atoms with Crippen LogP contribution in [0, 0.1) is 5.92 Å². The molecule has 1 fully saturated rings. The molecule has 15 heavy (non-hydrogen) atoms. The van der Waals surface area contributed by atoms with E-state index in [4.69, 9.17) is 0 Å². The van der Waals surface area contributed by atoms with Crippen molar-refractivity contribution in [3.63, 3.8) is 0 Å². The second kappa shape index (κ2) is 5.30. The molecule has 0 bridgehead atoms. The van der Waals surface area contributed by atoms with Crippen molar-refractivity contribution in [2.45, 2.75) is 52.1 Å². The Kier molecular flexibility index (Phi) is 4.59. The molecule has 0 aromatic heterocycles. The molecule has 1 aliphatic rings. The van der Waals surface area contributed by atoms with Gasteiger partial charge in [0.25, 0.3) is 0 Å². The average molecular weight is 233 g/mol. The molecule has 4 heteroatoms. The van der Waals surface area contributed by atoms with Crippen LogP contribution in [0.1, 0.15) is 40.0 Å². The minimum Gasteiger partial charge on any atom is -0.311 e. The van der Waals surface area contributed by atoms with Crippen LogP contribution in [-0.4, -0.2) is 32.0 Å². The van der Waals surface area contributed by atoms with Crippen molar-refractivity contribution in [3.05, 3.63) is 0 Å². The second-order valence-corrected chi connectivity index (χ2v) is 7.16. The molecule has 0 spiro atoms. The van der Waals surface area contributed by atoms with Gasteiger partial charge in [0.15, 0.2) is 0 Å². The molecule has 0 radical (unpaired) electrons. The van der Waals surface area contributed by atoms with Crippen LogP contribution in [-0.2, 0) is 9.84 Å². The fourth-order valence-corrected chi connectivity index (χ4v) is 3.63. The van der Waals surface area contributed by atoms with Crippen molar-refractivity contribution < 1.29 is 8.42 Å². The third-order valence-corrected chi connectivity index (χ3v) is 4.96. The molecule has 0 saturated carbocycles. The Labute approximate surface area is 93.6 Å². The average Bonchev–Trinajstić information content (AvgIpc) is 2.15. The Morgan fingerprint density at radius 1 is 1.27 bits per heavy atom. The van der Waals surface area contributed by atoms with Gasteiger partial charge in [0, 0.05) is 12.1 Å². The van der Waals surface area contributed by atoms with Crippen molar-refractivity contribution in [3.8, 4) is 0 Å². The lowest BCUT2D eigenvalue weighted by atomic mass is 9.99. The molecule has 1 heterocycles. The number of nitrogens with one attached hydrogen (secondary N) is 1. The summed E-state index contributed by atoms with van der Waals surface area (Å²) in [6.07, 6.45) is 2.68. The minimum absolute atomic E-state index is 0.360. The van der Waals surface area contributed by atoms with E-state index in [1.54, 1.807) is 0 Å². The maximum absolute atomic E-state index is 11.3. The summed E-state index contributed by atoms with van der Waals surface area (Å²) < 4.78 is 22.5. The summed E-state index contributed by atoms with van der Waals surface area (Å²) in [4.78, 5) is 0. The molecular formula is C11H23NO2S. The minimum atomic E-state index is -2.72. The number of rotatable bonds is 4. The molecule has 1 unspecified atom stereocenters. The van der Waals surface area contributed by atoms with E-state index in [0.29, 0.717) is 29.5 Å². The van der Waals surface area contributed by atoms with E-state index in [2.05, 4.69) is 26.1 Å². The van der Waals surface area contributed by atoms with Crippen molar-refractivity contribution >= 4 is 9.84 Å². The maximum Gasteiger partial charge on any atom is 0.150 e. The normalized spacial score (nSPS) is 24.3. The number of sulfone groups is 1. The third-order valence-electron chi connectivity index (χ3n) is 3.25. The Hall–Kier alpha value is -0.0900. The first-order chi connectivity index (χ1) is 6.94. The molecule has 3 nitrogen and oxygen atoms in total. The number of hydrogen-bond donors (Lipinski definition) is 1. The van der Waals surface area contributed by atoms with Gasteiger partial charge in [-0.3, -0.25) is 0 Å². The van der Waals surface area contributed by atoms with Gasteiger partial charge < -0.3 is 5.32 Å². The largest absolute Gasteiger partial charge is 0.311 e. The summed E-state index contributed by atoms with van der Waals surface area (Å²) in [5.74, 6) is 1.34. The van der Waals surface area contributed by atoms with Crippen LogP contribution in [0.5, 0.6) is 0 Å². The quantitative estimate of drug-likeness (QED) is 0.802. The molecule has 0 aromatic carbocycles. The van der Waals surface area contributed by atoms with Crippen LogP contribution in [0.25, 0.3) is 0 Å². The highest BCUT2D eigenvalue weighted by molar-refractivity contribution is 7.91. The van der Waals surface area contributed by atoms with Crippen LogP contribution < -0.4 is 5.32 Å². The van der Waals surface area contributed by atoms with Crippen LogP contribution in [0.4, 0.5) is 0 Å². The maximum atomic E-state index is 11.3. The van der Waals surface area contributed by atoms with E-state index in [1.165, 1.54) is 0 Å².